The van der Waals surface area contributed by atoms with Crippen LogP contribution in [0, 0.1) is 0 Å². The Morgan fingerprint density at radius 2 is 1.89 bits per heavy atom. The molecule has 0 amide bonds. The summed E-state index contributed by atoms with van der Waals surface area (Å²) in [6.45, 7) is 1.98. The molecular formula is C8H13N. The predicted octanol–water partition coefficient (Wildman–Crippen LogP) is 1.95. The second-order valence-electron chi connectivity index (χ2n) is 2.20. The number of hydrogen-bond acceptors (Lipinski definition) is 1. The molecule has 1 rings (SSSR count). The Labute approximate surface area is 57.0 Å². The fraction of sp³-hybridized carbons (Fsp3) is 0.250. The summed E-state index contributed by atoms with van der Waals surface area (Å²) < 4.78 is 0. The van der Waals surface area contributed by atoms with Crippen molar-refractivity contribution < 1.29 is 1.43 Å². The van der Waals surface area contributed by atoms with E-state index in [9.17, 15) is 0 Å². The van der Waals surface area contributed by atoms with Crippen LogP contribution in [0.2, 0.25) is 0 Å². The van der Waals surface area contributed by atoms with E-state index in [0.717, 1.165) is 0 Å². The monoisotopic (exact) mass is 123 g/mol. The van der Waals surface area contributed by atoms with Crippen molar-refractivity contribution in [3.8, 4) is 0 Å². The Morgan fingerprint density at radius 3 is 2.22 bits per heavy atom. The summed E-state index contributed by atoms with van der Waals surface area (Å²) in [5.74, 6) is 0. The quantitative estimate of drug-likeness (QED) is 0.607. The van der Waals surface area contributed by atoms with E-state index in [2.05, 4.69) is 0 Å². The summed E-state index contributed by atoms with van der Waals surface area (Å²) >= 11 is 0. The number of nitrogens with two attached hydrogens (primary N) is 1. The van der Waals surface area contributed by atoms with Crippen LogP contribution in [0.3, 0.4) is 0 Å². The highest BCUT2D eigenvalue weighted by Crippen LogP contribution is 2.06. The molecule has 0 aliphatic heterocycles. The van der Waals surface area contributed by atoms with Crippen molar-refractivity contribution >= 4 is 0 Å². The third-order valence-corrected chi connectivity index (χ3v) is 1.33. The SMILES string of the molecule is CC(N)c1ccccc1.[HH]. The summed E-state index contributed by atoms with van der Waals surface area (Å²) in [6, 6.07) is 10.2. The van der Waals surface area contributed by atoms with Crippen LogP contribution in [-0.4, -0.2) is 0 Å². The van der Waals surface area contributed by atoms with Crippen LogP contribution < -0.4 is 5.73 Å². The lowest BCUT2D eigenvalue weighted by atomic mass is 10.1. The molecule has 0 fully saturated rings. The Kier molecular flexibility index (Phi) is 1.85. The fourth-order valence-electron chi connectivity index (χ4n) is 0.757. The van der Waals surface area contributed by atoms with Gasteiger partial charge in [0, 0.05) is 7.47 Å². The maximum Gasteiger partial charge on any atom is 0.0266 e. The molecule has 1 aromatic rings. The first kappa shape index (κ1) is 6.30. The zero-order valence-corrected chi connectivity index (χ0v) is 5.54. The maximum atomic E-state index is 5.61. The van der Waals surface area contributed by atoms with Crippen LogP contribution in [0.25, 0.3) is 0 Å². The highest BCUT2D eigenvalue weighted by Gasteiger charge is 1.93. The average molecular weight is 123 g/mol. The van der Waals surface area contributed by atoms with E-state index in [4.69, 9.17) is 5.73 Å². The molecule has 0 spiro atoms. The number of hydrogen-bond donors (Lipinski definition) is 1. The van der Waals surface area contributed by atoms with Gasteiger partial charge in [-0.15, -0.1) is 0 Å². The Hall–Kier alpha value is -0.820. The summed E-state index contributed by atoms with van der Waals surface area (Å²) in [7, 11) is 0. The molecule has 0 bridgehead atoms. The van der Waals surface area contributed by atoms with Gasteiger partial charge in [-0.1, -0.05) is 30.3 Å². The first-order chi connectivity index (χ1) is 4.30. The lowest BCUT2D eigenvalue weighted by Crippen LogP contribution is -2.03. The topological polar surface area (TPSA) is 26.0 Å². The van der Waals surface area contributed by atoms with E-state index in [1.54, 1.807) is 0 Å². The van der Waals surface area contributed by atoms with Gasteiger partial charge in [-0.3, -0.25) is 0 Å². The average Bonchev–Trinajstić information content (AvgIpc) is 1.90. The van der Waals surface area contributed by atoms with Crippen LogP contribution in [0.4, 0.5) is 0 Å². The molecule has 0 saturated heterocycles. The van der Waals surface area contributed by atoms with E-state index in [-0.39, 0.29) is 7.47 Å². The fourth-order valence-corrected chi connectivity index (χ4v) is 0.757. The van der Waals surface area contributed by atoms with Gasteiger partial charge in [0.05, 0.1) is 0 Å². The van der Waals surface area contributed by atoms with Crippen molar-refractivity contribution in [1.29, 1.82) is 0 Å². The maximum absolute atomic E-state index is 5.61. The zero-order valence-electron chi connectivity index (χ0n) is 5.54. The third kappa shape index (κ3) is 1.54. The molecule has 1 nitrogen and oxygen atoms in total. The van der Waals surface area contributed by atoms with Crippen molar-refractivity contribution in [2.24, 2.45) is 5.73 Å². The van der Waals surface area contributed by atoms with Crippen molar-refractivity contribution in [2.75, 3.05) is 0 Å². The highest BCUT2D eigenvalue weighted by atomic mass is 14.6. The normalized spacial score (nSPS) is 13.1. The van der Waals surface area contributed by atoms with Crippen LogP contribution >= 0.6 is 0 Å². The first-order valence-electron chi connectivity index (χ1n) is 3.11. The van der Waals surface area contributed by atoms with Gasteiger partial charge < -0.3 is 5.73 Å². The van der Waals surface area contributed by atoms with Gasteiger partial charge in [-0.2, -0.15) is 0 Å². The highest BCUT2D eigenvalue weighted by molar-refractivity contribution is 5.17. The third-order valence-electron chi connectivity index (χ3n) is 1.33. The largest absolute Gasteiger partial charge is 0.324 e. The molecule has 9 heavy (non-hydrogen) atoms. The van der Waals surface area contributed by atoms with Crippen molar-refractivity contribution in [3.63, 3.8) is 0 Å². The molecular weight excluding hydrogens is 110 g/mol. The molecule has 2 N–H and O–H groups in total. The molecule has 50 valence electrons. The molecule has 1 aromatic carbocycles. The van der Waals surface area contributed by atoms with Gasteiger partial charge in [0.2, 0.25) is 0 Å². The lowest BCUT2D eigenvalue weighted by Gasteiger charge is -2.02. The molecule has 1 heteroatoms. The van der Waals surface area contributed by atoms with Gasteiger partial charge >= 0.3 is 0 Å². The van der Waals surface area contributed by atoms with Crippen LogP contribution in [-0.2, 0) is 0 Å². The van der Waals surface area contributed by atoms with Crippen molar-refractivity contribution in [3.05, 3.63) is 35.9 Å². The molecule has 1 atom stereocenters. The number of rotatable bonds is 1. The van der Waals surface area contributed by atoms with Crippen LogP contribution in [0.1, 0.15) is 20.0 Å². The minimum absolute atomic E-state index is 0. The Bertz CT molecular complexity index is 172. The van der Waals surface area contributed by atoms with Gasteiger partial charge in [-0.25, -0.2) is 0 Å². The van der Waals surface area contributed by atoms with Crippen LogP contribution in [0.15, 0.2) is 30.3 Å². The molecule has 0 aromatic heterocycles. The van der Waals surface area contributed by atoms with Crippen LogP contribution in [0.5, 0.6) is 0 Å². The number of benzene rings is 1. The molecule has 1 unspecified atom stereocenters. The zero-order chi connectivity index (χ0) is 6.69. The second kappa shape index (κ2) is 2.65. The predicted molar refractivity (Wildman–Crippen MR) is 41.2 cm³/mol. The summed E-state index contributed by atoms with van der Waals surface area (Å²) in [4.78, 5) is 0. The smallest absolute Gasteiger partial charge is 0.0266 e. The molecule has 0 heterocycles. The van der Waals surface area contributed by atoms with Gasteiger partial charge in [0.1, 0.15) is 0 Å². The second-order valence-corrected chi connectivity index (χ2v) is 2.20. The van der Waals surface area contributed by atoms with E-state index < -0.39 is 0 Å². The van der Waals surface area contributed by atoms with Gasteiger partial charge in [0.25, 0.3) is 0 Å². The Morgan fingerprint density at radius 1 is 1.33 bits per heavy atom. The standard InChI is InChI=1S/C8H11N.H2/c1-7(9)8-5-3-2-4-6-8;/h2-7H,9H2,1H3;1H. The van der Waals surface area contributed by atoms with Gasteiger partial charge in [0.15, 0.2) is 0 Å². The minimum Gasteiger partial charge on any atom is -0.324 e. The van der Waals surface area contributed by atoms with Crippen molar-refractivity contribution in [2.45, 2.75) is 13.0 Å². The van der Waals surface area contributed by atoms with Gasteiger partial charge in [-0.05, 0) is 12.5 Å². The van der Waals surface area contributed by atoms with Crippen molar-refractivity contribution in [1.82, 2.24) is 0 Å². The molecule has 0 saturated carbocycles. The molecule has 0 radical (unpaired) electrons. The molecule has 0 aliphatic carbocycles. The summed E-state index contributed by atoms with van der Waals surface area (Å²) in [5, 5.41) is 0. The van der Waals surface area contributed by atoms with E-state index in [0.29, 0.717) is 0 Å². The van der Waals surface area contributed by atoms with E-state index in [1.807, 2.05) is 37.3 Å². The summed E-state index contributed by atoms with van der Waals surface area (Å²) in [6.07, 6.45) is 0. The lowest BCUT2D eigenvalue weighted by molar-refractivity contribution is 0.818. The minimum atomic E-state index is 0. The van der Waals surface area contributed by atoms with E-state index >= 15 is 0 Å². The van der Waals surface area contributed by atoms with E-state index in [1.165, 1.54) is 5.56 Å². The summed E-state index contributed by atoms with van der Waals surface area (Å²) in [5.41, 5.74) is 6.81. The molecule has 0 aliphatic rings. The first-order valence-corrected chi connectivity index (χ1v) is 3.11. The Balaban J connectivity index is 0.000000810.